The number of hydrogen-bond donors (Lipinski definition) is 1. The van der Waals surface area contributed by atoms with E-state index in [1.165, 1.54) is 5.57 Å². The summed E-state index contributed by atoms with van der Waals surface area (Å²) in [6, 6.07) is 0. The van der Waals surface area contributed by atoms with Gasteiger partial charge in [0.1, 0.15) is 0 Å². The summed E-state index contributed by atoms with van der Waals surface area (Å²) in [7, 11) is 0. The average Bonchev–Trinajstić information content (AvgIpc) is 1.87. The van der Waals surface area contributed by atoms with Gasteiger partial charge in [-0.1, -0.05) is 31.2 Å². The molecule has 0 aliphatic heterocycles. The summed E-state index contributed by atoms with van der Waals surface area (Å²) in [5.74, 6) is 0.489. The van der Waals surface area contributed by atoms with Crippen molar-refractivity contribution in [3.63, 3.8) is 0 Å². The van der Waals surface area contributed by atoms with Crippen molar-refractivity contribution in [2.24, 2.45) is 11.7 Å². The van der Waals surface area contributed by atoms with E-state index in [9.17, 15) is 0 Å². The second-order valence-electron chi connectivity index (χ2n) is 2.28. The summed E-state index contributed by atoms with van der Waals surface area (Å²) in [6.07, 6.45) is 3.79. The van der Waals surface area contributed by atoms with Gasteiger partial charge in [-0.3, -0.25) is 0 Å². The van der Waals surface area contributed by atoms with E-state index in [1.807, 2.05) is 6.08 Å². The number of rotatable bonds is 3. The lowest BCUT2D eigenvalue weighted by Gasteiger charge is -2.06. The maximum Gasteiger partial charge on any atom is -0.00141 e. The van der Waals surface area contributed by atoms with Gasteiger partial charge in [0.2, 0.25) is 0 Å². The normalized spacial score (nSPS) is 15.2. The van der Waals surface area contributed by atoms with Crippen LogP contribution in [0.15, 0.2) is 24.3 Å². The third kappa shape index (κ3) is 3.09. The Morgan fingerprint density at radius 2 is 2.33 bits per heavy atom. The van der Waals surface area contributed by atoms with E-state index in [1.54, 1.807) is 6.08 Å². The van der Waals surface area contributed by atoms with Gasteiger partial charge >= 0.3 is 0 Å². The molecule has 0 radical (unpaired) electrons. The molecule has 1 heteroatoms. The van der Waals surface area contributed by atoms with Crippen LogP contribution in [0, 0.1) is 5.92 Å². The van der Waals surface area contributed by atoms with Crippen LogP contribution < -0.4 is 5.73 Å². The topological polar surface area (TPSA) is 26.0 Å². The minimum Gasteiger partial charge on any atom is -0.330 e. The molecule has 0 aromatic carbocycles. The molecule has 9 heavy (non-hydrogen) atoms. The van der Waals surface area contributed by atoms with E-state index >= 15 is 0 Å². The molecule has 0 saturated carbocycles. The summed E-state index contributed by atoms with van der Waals surface area (Å²) >= 11 is 0. The maximum absolute atomic E-state index is 5.43. The van der Waals surface area contributed by atoms with Crippen molar-refractivity contribution in [1.29, 1.82) is 0 Å². The minimum absolute atomic E-state index is 0.489. The van der Waals surface area contributed by atoms with Gasteiger partial charge in [0.05, 0.1) is 0 Å². The first-order valence-electron chi connectivity index (χ1n) is 3.21. The van der Waals surface area contributed by atoms with Gasteiger partial charge in [0.15, 0.2) is 0 Å². The molecule has 0 amide bonds. The van der Waals surface area contributed by atoms with E-state index in [0.29, 0.717) is 5.92 Å². The highest BCUT2D eigenvalue weighted by molar-refractivity contribution is 5.10. The summed E-state index contributed by atoms with van der Waals surface area (Å²) in [5, 5.41) is 0. The summed E-state index contributed by atoms with van der Waals surface area (Å²) in [5.41, 5.74) is 6.73. The zero-order chi connectivity index (χ0) is 7.28. The lowest BCUT2D eigenvalue weighted by Crippen LogP contribution is -2.11. The fourth-order valence-corrected chi connectivity index (χ4v) is 0.536. The van der Waals surface area contributed by atoms with E-state index in [4.69, 9.17) is 5.73 Å². The zero-order valence-corrected chi connectivity index (χ0v) is 6.22. The third-order valence-electron chi connectivity index (χ3n) is 1.51. The second kappa shape index (κ2) is 4.33. The molecule has 0 aromatic heterocycles. The SMILES string of the molecule is C=C/C=C(/C)[C@@H](C)CN. The third-order valence-corrected chi connectivity index (χ3v) is 1.51. The molecular weight excluding hydrogens is 110 g/mol. The fraction of sp³-hybridized carbons (Fsp3) is 0.500. The Morgan fingerprint density at radius 3 is 2.67 bits per heavy atom. The molecule has 0 fully saturated rings. The largest absolute Gasteiger partial charge is 0.330 e. The first kappa shape index (κ1) is 8.44. The van der Waals surface area contributed by atoms with Crippen molar-refractivity contribution in [2.75, 3.05) is 6.54 Å². The molecule has 0 spiro atoms. The summed E-state index contributed by atoms with van der Waals surface area (Å²) < 4.78 is 0. The molecule has 0 aliphatic carbocycles. The molecular formula is C8H15N. The lowest BCUT2D eigenvalue weighted by atomic mass is 10.0. The highest BCUT2D eigenvalue weighted by atomic mass is 14.5. The van der Waals surface area contributed by atoms with Crippen LogP contribution in [-0.2, 0) is 0 Å². The van der Waals surface area contributed by atoms with Crippen molar-refractivity contribution in [1.82, 2.24) is 0 Å². The van der Waals surface area contributed by atoms with Crippen molar-refractivity contribution in [2.45, 2.75) is 13.8 Å². The molecule has 1 atom stereocenters. The van der Waals surface area contributed by atoms with Crippen LogP contribution in [0.1, 0.15) is 13.8 Å². The summed E-state index contributed by atoms with van der Waals surface area (Å²) in [4.78, 5) is 0. The quantitative estimate of drug-likeness (QED) is 0.571. The number of allylic oxidation sites excluding steroid dienone is 2. The molecule has 0 bridgehead atoms. The lowest BCUT2D eigenvalue weighted by molar-refractivity contribution is 0.694. The van der Waals surface area contributed by atoms with Crippen LogP contribution in [-0.4, -0.2) is 6.54 Å². The first-order chi connectivity index (χ1) is 4.22. The molecule has 0 heterocycles. The Bertz CT molecular complexity index is 114. The van der Waals surface area contributed by atoms with E-state index in [2.05, 4.69) is 20.4 Å². The molecule has 52 valence electrons. The predicted octanol–water partition coefficient (Wildman–Crippen LogP) is 1.71. The van der Waals surface area contributed by atoms with Crippen LogP contribution in [0.2, 0.25) is 0 Å². The van der Waals surface area contributed by atoms with Gasteiger partial charge in [-0.05, 0) is 19.4 Å². The molecule has 0 aliphatic rings. The van der Waals surface area contributed by atoms with Crippen LogP contribution in [0.3, 0.4) is 0 Å². The van der Waals surface area contributed by atoms with Gasteiger partial charge in [-0.15, -0.1) is 0 Å². The monoisotopic (exact) mass is 125 g/mol. The number of nitrogens with two attached hydrogens (primary N) is 1. The predicted molar refractivity (Wildman–Crippen MR) is 42.2 cm³/mol. The molecule has 1 nitrogen and oxygen atoms in total. The van der Waals surface area contributed by atoms with Crippen molar-refractivity contribution in [3.8, 4) is 0 Å². The Kier molecular flexibility index (Phi) is 4.06. The van der Waals surface area contributed by atoms with E-state index in [0.717, 1.165) is 6.54 Å². The average molecular weight is 125 g/mol. The van der Waals surface area contributed by atoms with Crippen LogP contribution in [0.5, 0.6) is 0 Å². The van der Waals surface area contributed by atoms with Gasteiger partial charge in [-0.25, -0.2) is 0 Å². The first-order valence-corrected chi connectivity index (χ1v) is 3.21. The Hall–Kier alpha value is -0.560. The van der Waals surface area contributed by atoms with E-state index in [-0.39, 0.29) is 0 Å². The smallest absolute Gasteiger partial charge is 0.00141 e. The van der Waals surface area contributed by atoms with Crippen LogP contribution in [0.4, 0.5) is 0 Å². The molecule has 2 N–H and O–H groups in total. The molecule has 0 unspecified atom stereocenters. The minimum atomic E-state index is 0.489. The van der Waals surface area contributed by atoms with Crippen LogP contribution >= 0.6 is 0 Å². The molecule has 0 aromatic rings. The Balaban J connectivity index is 3.84. The molecule has 0 rings (SSSR count). The summed E-state index contributed by atoms with van der Waals surface area (Å²) in [6.45, 7) is 8.49. The molecule has 0 saturated heterocycles. The maximum atomic E-state index is 5.43. The van der Waals surface area contributed by atoms with E-state index < -0.39 is 0 Å². The Labute approximate surface area is 57.3 Å². The van der Waals surface area contributed by atoms with Gasteiger partial charge in [0, 0.05) is 0 Å². The van der Waals surface area contributed by atoms with Gasteiger partial charge < -0.3 is 5.73 Å². The highest BCUT2D eigenvalue weighted by Crippen LogP contribution is 2.06. The second-order valence-corrected chi connectivity index (χ2v) is 2.28. The standard InChI is InChI=1S/C8H15N/c1-4-5-7(2)8(3)6-9/h4-5,8H,1,6,9H2,2-3H3/b7-5-/t8-/m0/s1. The van der Waals surface area contributed by atoms with Gasteiger partial charge in [0.25, 0.3) is 0 Å². The zero-order valence-electron chi connectivity index (χ0n) is 6.22. The van der Waals surface area contributed by atoms with Crippen LogP contribution in [0.25, 0.3) is 0 Å². The van der Waals surface area contributed by atoms with Crippen molar-refractivity contribution < 1.29 is 0 Å². The Morgan fingerprint density at radius 1 is 1.78 bits per heavy atom. The van der Waals surface area contributed by atoms with Crippen molar-refractivity contribution >= 4 is 0 Å². The fourth-order valence-electron chi connectivity index (χ4n) is 0.536. The number of hydrogen-bond acceptors (Lipinski definition) is 1. The van der Waals surface area contributed by atoms with Crippen molar-refractivity contribution in [3.05, 3.63) is 24.3 Å². The van der Waals surface area contributed by atoms with Gasteiger partial charge in [-0.2, -0.15) is 0 Å². The highest BCUT2D eigenvalue weighted by Gasteiger charge is 1.97.